The van der Waals surface area contributed by atoms with Crippen molar-refractivity contribution in [2.24, 2.45) is 0 Å². The summed E-state index contributed by atoms with van der Waals surface area (Å²) in [6.07, 6.45) is 8.85. The first kappa shape index (κ1) is 17.7. The third kappa shape index (κ3) is 3.49. The molecule has 2 fully saturated rings. The van der Waals surface area contributed by atoms with E-state index in [-0.39, 0.29) is 0 Å². The van der Waals surface area contributed by atoms with E-state index in [4.69, 9.17) is 0 Å². The minimum Gasteiger partial charge on any atom is -0.386 e. The van der Waals surface area contributed by atoms with Gasteiger partial charge in [0.25, 0.3) is 16.5 Å². The van der Waals surface area contributed by atoms with Crippen LogP contribution in [0, 0.1) is 0 Å². The Bertz CT molecular complexity index is 320. The molecule has 0 unspecified atom stereocenters. The number of nitrogens with zero attached hydrogens (tertiary/aromatic N) is 2. The zero-order valence-corrected chi connectivity index (χ0v) is 17.7. The molecule has 2 rings (SSSR count). The van der Waals surface area contributed by atoms with Crippen LogP contribution in [-0.4, -0.2) is 65.0 Å². The zero-order chi connectivity index (χ0) is 15.8. The van der Waals surface area contributed by atoms with Crippen molar-refractivity contribution in [3.63, 3.8) is 0 Å². The van der Waals surface area contributed by atoms with E-state index in [1.807, 2.05) is 0 Å². The average molecular weight is 329 g/mol. The molecule has 0 aromatic carbocycles. The molecule has 2 saturated heterocycles. The van der Waals surface area contributed by atoms with Gasteiger partial charge in [0.05, 0.1) is 40.3 Å². The van der Waals surface area contributed by atoms with Gasteiger partial charge in [0.15, 0.2) is 0 Å². The number of quaternary nitrogens is 2. The molecule has 0 spiro atoms. The van der Waals surface area contributed by atoms with E-state index in [1.165, 1.54) is 73.0 Å². The smallest absolute Gasteiger partial charge is 0.282 e. The van der Waals surface area contributed by atoms with Crippen molar-refractivity contribution >= 4 is 16.5 Å². The minimum absolute atomic E-state index is 1.21. The van der Waals surface area contributed by atoms with Gasteiger partial charge in [0.1, 0.15) is 0 Å². The monoisotopic (exact) mass is 328 g/mol. The molecular weight excluding hydrogens is 288 g/mol. The van der Waals surface area contributed by atoms with Crippen LogP contribution in [0.25, 0.3) is 0 Å². The first-order valence-corrected chi connectivity index (χ1v) is 15.6. The number of hydrogen-bond acceptors (Lipinski definition) is 0. The van der Waals surface area contributed by atoms with Crippen LogP contribution in [0.3, 0.4) is 0 Å². The fourth-order valence-corrected chi connectivity index (χ4v) is 19.6. The van der Waals surface area contributed by atoms with Crippen LogP contribution in [0.4, 0.5) is 0 Å². The van der Waals surface area contributed by atoms with E-state index in [9.17, 15) is 0 Å². The zero-order valence-electron chi connectivity index (χ0n) is 15.7. The number of hydrogen-bond donors (Lipinski definition) is 0. The van der Waals surface area contributed by atoms with Crippen LogP contribution in [0.5, 0.6) is 0 Å². The third-order valence-electron chi connectivity index (χ3n) is 7.39. The third-order valence-corrected chi connectivity index (χ3v) is 21.1. The summed E-state index contributed by atoms with van der Waals surface area (Å²) in [7, 11) is 2.79. The van der Waals surface area contributed by atoms with Crippen LogP contribution in [-0.2, 0) is 0 Å². The SMILES string of the molecule is C[N+]1([Si](C)(C)C[Si](C)(C)[N+]2(C)CCCCC2)CCCCC1. The first-order valence-electron chi connectivity index (χ1n) is 9.31. The maximum absolute atomic E-state index is 2.71. The molecule has 2 heterocycles. The summed E-state index contributed by atoms with van der Waals surface area (Å²) in [6, 6.07) is 0. The van der Waals surface area contributed by atoms with Gasteiger partial charge in [-0.05, 0) is 64.7 Å². The summed E-state index contributed by atoms with van der Waals surface area (Å²) in [6.45, 7) is 16.7. The van der Waals surface area contributed by atoms with Crippen molar-refractivity contribution in [2.75, 3.05) is 40.3 Å². The highest BCUT2D eigenvalue weighted by atomic mass is 28.4. The van der Waals surface area contributed by atoms with E-state index >= 15 is 0 Å². The predicted octanol–water partition coefficient (Wildman–Crippen LogP) is 4.20. The van der Waals surface area contributed by atoms with Gasteiger partial charge in [-0.3, -0.25) is 0 Å². The van der Waals surface area contributed by atoms with Crippen molar-refractivity contribution < 1.29 is 8.30 Å². The molecule has 124 valence electrons. The lowest BCUT2D eigenvalue weighted by Gasteiger charge is -2.54. The summed E-state index contributed by atoms with van der Waals surface area (Å²) in [5, 5.41) is 0. The van der Waals surface area contributed by atoms with Crippen LogP contribution in [0.1, 0.15) is 38.5 Å². The molecule has 0 bridgehead atoms. The second-order valence-electron chi connectivity index (χ2n) is 9.61. The minimum atomic E-state index is -1.21. The van der Waals surface area contributed by atoms with E-state index in [0.29, 0.717) is 0 Å². The van der Waals surface area contributed by atoms with Gasteiger partial charge in [-0.15, -0.1) is 0 Å². The van der Waals surface area contributed by atoms with Gasteiger partial charge in [0, 0.05) is 5.67 Å². The summed E-state index contributed by atoms with van der Waals surface area (Å²) >= 11 is 0. The highest BCUT2D eigenvalue weighted by Crippen LogP contribution is 2.36. The molecule has 2 nitrogen and oxygen atoms in total. The maximum Gasteiger partial charge on any atom is 0.282 e. The second kappa shape index (κ2) is 6.10. The Morgan fingerprint density at radius 1 is 0.571 bits per heavy atom. The van der Waals surface area contributed by atoms with Crippen LogP contribution >= 0.6 is 0 Å². The molecule has 0 aromatic rings. The molecule has 2 aliphatic rings. The predicted molar refractivity (Wildman–Crippen MR) is 99.3 cm³/mol. The molecule has 21 heavy (non-hydrogen) atoms. The van der Waals surface area contributed by atoms with Crippen molar-refractivity contribution in [1.29, 1.82) is 0 Å². The molecule has 0 saturated carbocycles. The van der Waals surface area contributed by atoms with Crippen molar-refractivity contribution in [2.45, 2.75) is 70.4 Å². The molecule has 0 radical (unpaired) electrons. The average Bonchev–Trinajstić information content (AvgIpc) is 2.39. The lowest BCUT2D eigenvalue weighted by Crippen LogP contribution is -2.72. The fourth-order valence-electron chi connectivity index (χ4n) is 5.07. The molecule has 0 atom stereocenters. The second-order valence-corrected chi connectivity index (χ2v) is 20.4. The van der Waals surface area contributed by atoms with E-state index in [1.54, 1.807) is 5.67 Å². The first-order chi connectivity index (χ1) is 9.62. The Morgan fingerprint density at radius 2 is 0.857 bits per heavy atom. The van der Waals surface area contributed by atoms with E-state index in [2.05, 4.69) is 40.3 Å². The summed E-state index contributed by atoms with van der Waals surface area (Å²) in [4.78, 5) is 0. The standard InChI is InChI=1S/C17H40N2Si2/c1-18(13-9-7-10-14-18)20(3,4)17-21(5,6)19(2)15-11-8-12-16-19/h7-17H2,1-6H3/q+2. The summed E-state index contributed by atoms with van der Waals surface area (Å²) < 4.78 is 2.92. The van der Waals surface area contributed by atoms with Crippen molar-refractivity contribution in [1.82, 2.24) is 0 Å². The number of rotatable bonds is 4. The fraction of sp³-hybridized carbons (Fsp3) is 1.00. The lowest BCUT2D eigenvalue weighted by atomic mass is 10.1. The molecule has 0 N–H and O–H groups in total. The van der Waals surface area contributed by atoms with Gasteiger partial charge in [0.2, 0.25) is 0 Å². The molecule has 0 aromatic heterocycles. The Balaban J connectivity index is 2.13. The number of piperidine rings is 2. The maximum atomic E-state index is 2.71. The molecular formula is C17H40N2Si2+2. The van der Waals surface area contributed by atoms with Gasteiger partial charge < -0.3 is 8.30 Å². The van der Waals surface area contributed by atoms with E-state index in [0.717, 1.165) is 0 Å². The Morgan fingerprint density at radius 3 is 1.14 bits per heavy atom. The van der Waals surface area contributed by atoms with E-state index < -0.39 is 16.5 Å². The lowest BCUT2D eigenvalue weighted by molar-refractivity contribution is -0.825. The summed E-state index contributed by atoms with van der Waals surface area (Å²) in [5.74, 6) is 0. The topological polar surface area (TPSA) is 0 Å². The number of likely N-dealkylation sites (tertiary alicyclic amines) is 2. The van der Waals surface area contributed by atoms with Gasteiger partial charge in [-0.2, -0.15) is 0 Å². The molecule has 2 aliphatic heterocycles. The quantitative estimate of drug-likeness (QED) is 0.679. The van der Waals surface area contributed by atoms with Gasteiger partial charge >= 0.3 is 0 Å². The van der Waals surface area contributed by atoms with Crippen molar-refractivity contribution in [3.05, 3.63) is 0 Å². The normalized spacial score (nSPS) is 26.6. The Kier molecular flexibility index (Phi) is 5.14. The largest absolute Gasteiger partial charge is 0.386 e. The van der Waals surface area contributed by atoms with Crippen LogP contribution in [0.15, 0.2) is 0 Å². The highest BCUT2D eigenvalue weighted by Gasteiger charge is 2.55. The van der Waals surface area contributed by atoms with Gasteiger partial charge in [-0.1, -0.05) is 0 Å². The molecule has 0 amide bonds. The molecule has 4 heteroatoms. The summed E-state index contributed by atoms with van der Waals surface area (Å²) in [5.41, 5.74) is 1.62. The van der Waals surface area contributed by atoms with Gasteiger partial charge in [-0.25, -0.2) is 0 Å². The van der Waals surface area contributed by atoms with Crippen LogP contribution < -0.4 is 0 Å². The van der Waals surface area contributed by atoms with Crippen LogP contribution in [0.2, 0.25) is 31.9 Å². The molecule has 0 aliphatic carbocycles. The highest BCUT2D eigenvalue weighted by molar-refractivity contribution is 6.88. The Labute approximate surface area is 135 Å². The Hall–Kier alpha value is 0.354. The van der Waals surface area contributed by atoms with Crippen molar-refractivity contribution in [3.8, 4) is 0 Å².